The van der Waals surface area contributed by atoms with Crippen LogP contribution in [0.3, 0.4) is 0 Å². The van der Waals surface area contributed by atoms with Gasteiger partial charge >= 0.3 is 17.9 Å². The fourth-order valence-corrected chi connectivity index (χ4v) is 1.34. The number of nitrogens with two attached hydrogens (primary N) is 4. The third-order valence-corrected chi connectivity index (χ3v) is 2.67. The number of guanidine groups is 1. The minimum Gasteiger partial charge on any atom is -0.480 e. The number of unbranched alkanes of at least 4 members (excludes halogenated alkanes) is 1. The van der Waals surface area contributed by atoms with Crippen molar-refractivity contribution in [2.75, 3.05) is 13.1 Å². The number of carboxylic acids is 2. The highest BCUT2D eigenvalue weighted by molar-refractivity contribution is 5.73. The molecule has 0 spiro atoms. The molecule has 0 aliphatic heterocycles. The van der Waals surface area contributed by atoms with Gasteiger partial charge in [-0.05, 0) is 32.1 Å². The first-order chi connectivity index (χ1) is 10.2. The number of quaternary nitrogens is 1. The van der Waals surface area contributed by atoms with E-state index >= 15 is 0 Å². The fraction of sp³-hybridized carbons (Fsp3) is 0.750. The maximum Gasteiger partial charge on any atom is 0.338 e. The van der Waals surface area contributed by atoms with Gasteiger partial charge in [-0.15, -0.1) is 0 Å². The van der Waals surface area contributed by atoms with E-state index < -0.39 is 24.0 Å². The van der Waals surface area contributed by atoms with Crippen LogP contribution in [0, 0.1) is 0 Å². The molecule has 0 bridgehead atoms. The summed E-state index contributed by atoms with van der Waals surface area (Å²) in [4.78, 5) is 23.0. The highest BCUT2D eigenvalue weighted by atomic mass is 16.4. The normalized spacial score (nSPS) is 12.5. The monoisotopic (exact) mass is 322 g/mol. The van der Waals surface area contributed by atoms with Crippen molar-refractivity contribution in [1.82, 2.24) is 0 Å². The van der Waals surface area contributed by atoms with E-state index in [9.17, 15) is 9.59 Å². The van der Waals surface area contributed by atoms with Crippen LogP contribution in [-0.2, 0) is 9.59 Å². The van der Waals surface area contributed by atoms with Crippen LogP contribution in [-0.4, -0.2) is 53.3 Å². The van der Waals surface area contributed by atoms with Gasteiger partial charge in [0.25, 0.3) is 0 Å². The molecule has 0 saturated carbocycles. The molecular weight excluding hydrogens is 292 g/mol. The van der Waals surface area contributed by atoms with Crippen LogP contribution in [0.1, 0.15) is 32.1 Å². The lowest BCUT2D eigenvalue weighted by Crippen LogP contribution is -2.78. The second-order valence-corrected chi connectivity index (χ2v) is 4.76. The van der Waals surface area contributed by atoms with Crippen LogP contribution in [0.5, 0.6) is 0 Å². The van der Waals surface area contributed by atoms with Crippen LogP contribution in [0.25, 0.3) is 0 Å². The molecule has 0 unspecified atom stereocenters. The Morgan fingerprint density at radius 1 is 0.955 bits per heavy atom. The molecular formula is C12H30N6O4+2. The van der Waals surface area contributed by atoms with Gasteiger partial charge in [-0.1, -0.05) is 0 Å². The lowest BCUT2D eigenvalue weighted by atomic mass is 10.1. The van der Waals surface area contributed by atoms with Gasteiger partial charge in [-0.2, -0.15) is 0 Å². The Labute approximate surface area is 129 Å². The van der Waals surface area contributed by atoms with Crippen molar-refractivity contribution >= 4 is 17.9 Å². The quantitative estimate of drug-likeness (QED) is 0.111. The van der Waals surface area contributed by atoms with Gasteiger partial charge in [0.05, 0.1) is 13.1 Å². The number of nitrogens with one attached hydrogen (secondary N) is 1. The third-order valence-electron chi connectivity index (χ3n) is 2.67. The lowest BCUT2D eigenvalue weighted by molar-refractivity contribution is -0.459. The summed E-state index contributed by atoms with van der Waals surface area (Å²) in [5.41, 5.74) is 24.3. The molecule has 0 aliphatic rings. The van der Waals surface area contributed by atoms with Crippen molar-refractivity contribution in [2.45, 2.75) is 44.2 Å². The van der Waals surface area contributed by atoms with E-state index in [0.29, 0.717) is 25.8 Å². The van der Waals surface area contributed by atoms with Gasteiger partial charge in [0.1, 0.15) is 12.1 Å². The van der Waals surface area contributed by atoms with Crippen LogP contribution < -0.4 is 33.7 Å². The molecule has 0 aromatic heterocycles. The van der Waals surface area contributed by atoms with Gasteiger partial charge in [-0.25, -0.2) is 0 Å². The van der Waals surface area contributed by atoms with E-state index in [4.69, 9.17) is 33.1 Å². The zero-order valence-corrected chi connectivity index (χ0v) is 12.8. The SMILES string of the molecule is NC(N)=[NH+]CCC[C@H](N)C(=O)O.N[C@@H](CCCC[NH3+])C(=O)O. The van der Waals surface area contributed by atoms with Gasteiger partial charge in [-0.3, -0.25) is 26.0 Å². The molecule has 130 valence electrons. The van der Waals surface area contributed by atoms with Gasteiger partial charge in [0, 0.05) is 0 Å². The first kappa shape index (κ1) is 22.4. The van der Waals surface area contributed by atoms with Crippen molar-refractivity contribution in [3.05, 3.63) is 0 Å². The molecule has 0 heterocycles. The molecule has 0 fully saturated rings. The summed E-state index contributed by atoms with van der Waals surface area (Å²) in [5, 5.41) is 16.7. The highest BCUT2D eigenvalue weighted by Crippen LogP contribution is 1.96. The van der Waals surface area contributed by atoms with Crippen LogP contribution in [0.2, 0.25) is 0 Å². The predicted octanol–water partition coefficient (Wildman–Crippen LogP) is -4.66. The Bertz CT molecular complexity index is 347. The molecule has 0 radical (unpaired) electrons. The Balaban J connectivity index is 0. The van der Waals surface area contributed by atoms with Crippen molar-refractivity contribution in [3.63, 3.8) is 0 Å². The average Bonchev–Trinajstić information content (AvgIpc) is 2.43. The van der Waals surface area contributed by atoms with Crippen molar-refractivity contribution in [1.29, 1.82) is 0 Å². The Hall–Kier alpha value is -1.91. The summed E-state index contributed by atoms with van der Waals surface area (Å²) in [6.45, 7) is 1.40. The zero-order valence-electron chi connectivity index (χ0n) is 12.8. The molecule has 10 nitrogen and oxygen atoms in total. The maximum absolute atomic E-state index is 10.2. The van der Waals surface area contributed by atoms with Gasteiger partial charge < -0.3 is 27.4 Å². The largest absolute Gasteiger partial charge is 0.480 e. The fourth-order valence-electron chi connectivity index (χ4n) is 1.34. The predicted molar refractivity (Wildman–Crippen MR) is 81.3 cm³/mol. The zero-order chi connectivity index (χ0) is 17.5. The molecule has 0 amide bonds. The molecule has 0 saturated heterocycles. The van der Waals surface area contributed by atoms with Crippen LogP contribution in [0.15, 0.2) is 0 Å². The second-order valence-electron chi connectivity index (χ2n) is 4.76. The number of carboxylic acid groups (broad SMARTS) is 2. The van der Waals surface area contributed by atoms with E-state index in [0.717, 1.165) is 19.4 Å². The standard InChI is InChI=1S/C6H14N4O2.C6H14N2O2/c7-4(5(11)12)2-1-3-10-6(8)9;7-4-2-1-3-5(8)6(9)10/h4H,1-3,7H2,(H,11,12)(H4,8,9,10);5H,1-4,7-8H2,(H,9,10)/p+2/t4-;5-/m00/s1. The minimum absolute atomic E-state index is 0.138. The van der Waals surface area contributed by atoms with E-state index in [2.05, 4.69) is 10.7 Å². The molecule has 0 rings (SSSR count). The smallest absolute Gasteiger partial charge is 0.338 e. The minimum atomic E-state index is -0.986. The summed E-state index contributed by atoms with van der Waals surface area (Å²) in [5.74, 6) is -1.76. The molecule has 0 aromatic carbocycles. The molecule has 22 heavy (non-hydrogen) atoms. The van der Waals surface area contributed by atoms with E-state index in [-0.39, 0.29) is 5.96 Å². The first-order valence-corrected chi connectivity index (χ1v) is 7.10. The van der Waals surface area contributed by atoms with E-state index in [1.165, 1.54) is 0 Å². The third kappa shape index (κ3) is 16.1. The summed E-state index contributed by atoms with van der Waals surface area (Å²) >= 11 is 0. The number of carbonyl (C=O) groups is 2. The summed E-state index contributed by atoms with van der Waals surface area (Å²) in [6, 6.07) is -1.49. The van der Waals surface area contributed by atoms with Crippen molar-refractivity contribution in [2.24, 2.45) is 22.9 Å². The topological polar surface area (TPSA) is 220 Å². The lowest BCUT2D eigenvalue weighted by Gasteiger charge is -2.02. The summed E-state index contributed by atoms with van der Waals surface area (Å²) in [7, 11) is 0. The highest BCUT2D eigenvalue weighted by Gasteiger charge is 2.10. The number of rotatable bonds is 10. The molecule has 14 N–H and O–H groups in total. The Morgan fingerprint density at radius 3 is 1.77 bits per heavy atom. The number of aliphatic carboxylic acids is 2. The van der Waals surface area contributed by atoms with Crippen LogP contribution in [0.4, 0.5) is 0 Å². The van der Waals surface area contributed by atoms with E-state index in [1.54, 1.807) is 0 Å². The van der Waals surface area contributed by atoms with E-state index in [1.807, 2.05) is 0 Å². The molecule has 2 atom stereocenters. The Kier molecular flexibility index (Phi) is 14.3. The molecule has 10 heteroatoms. The van der Waals surface area contributed by atoms with Crippen molar-refractivity contribution < 1.29 is 30.5 Å². The summed E-state index contributed by atoms with van der Waals surface area (Å²) < 4.78 is 0. The summed E-state index contributed by atoms with van der Waals surface area (Å²) in [6.07, 6.45) is 3.42. The average molecular weight is 322 g/mol. The van der Waals surface area contributed by atoms with Gasteiger partial charge in [0.2, 0.25) is 0 Å². The number of hydrogen-bond donors (Lipinski definition) is 8. The van der Waals surface area contributed by atoms with Crippen molar-refractivity contribution in [3.8, 4) is 0 Å². The van der Waals surface area contributed by atoms with Crippen LogP contribution >= 0.6 is 0 Å². The number of hydrogen-bond acceptors (Lipinski definition) is 4. The molecule has 0 aromatic rings. The first-order valence-electron chi connectivity index (χ1n) is 7.10. The second kappa shape index (κ2) is 14.0. The molecule has 0 aliphatic carbocycles. The maximum atomic E-state index is 10.2. The Morgan fingerprint density at radius 2 is 1.41 bits per heavy atom. The van der Waals surface area contributed by atoms with Gasteiger partial charge in [0.15, 0.2) is 0 Å².